The first kappa shape index (κ1) is 11.1. The monoisotopic (exact) mass is 230 g/mol. The number of hydrogen-bond acceptors (Lipinski definition) is 2. The zero-order valence-electron chi connectivity index (χ0n) is 10.5. The summed E-state index contributed by atoms with van der Waals surface area (Å²) < 4.78 is 0. The second-order valence-electron chi connectivity index (χ2n) is 5.32. The van der Waals surface area contributed by atoms with E-state index in [2.05, 4.69) is 28.4 Å². The van der Waals surface area contributed by atoms with Gasteiger partial charge < -0.3 is 10.2 Å². The second-order valence-corrected chi connectivity index (χ2v) is 5.32. The van der Waals surface area contributed by atoms with E-state index in [4.69, 9.17) is 0 Å². The molecule has 2 aliphatic heterocycles. The predicted molar refractivity (Wildman–Crippen MR) is 72.6 cm³/mol. The highest BCUT2D eigenvalue weighted by Crippen LogP contribution is 2.23. The van der Waals surface area contributed by atoms with E-state index in [1.165, 1.54) is 68.6 Å². The average Bonchev–Trinajstić information content (AvgIpc) is 2.85. The van der Waals surface area contributed by atoms with Crippen LogP contribution in [-0.2, 0) is 12.8 Å². The van der Waals surface area contributed by atoms with Crippen molar-refractivity contribution >= 4 is 5.69 Å². The minimum Gasteiger partial charge on any atom is -0.384 e. The summed E-state index contributed by atoms with van der Waals surface area (Å²) in [6.07, 6.45) is 6.62. The van der Waals surface area contributed by atoms with Gasteiger partial charge in [-0.25, -0.2) is 0 Å². The first-order chi connectivity index (χ1) is 8.42. The number of nitrogens with zero attached hydrogens (tertiary/aromatic N) is 1. The van der Waals surface area contributed by atoms with E-state index in [0.717, 1.165) is 6.54 Å². The summed E-state index contributed by atoms with van der Waals surface area (Å²) in [7, 11) is 0. The van der Waals surface area contributed by atoms with Crippen LogP contribution in [0.15, 0.2) is 18.2 Å². The Labute approximate surface area is 104 Å². The van der Waals surface area contributed by atoms with Crippen LogP contribution in [-0.4, -0.2) is 31.1 Å². The molecule has 0 aliphatic carbocycles. The van der Waals surface area contributed by atoms with Crippen LogP contribution in [0.2, 0.25) is 0 Å². The van der Waals surface area contributed by atoms with E-state index >= 15 is 0 Å². The lowest BCUT2D eigenvalue weighted by Crippen LogP contribution is -2.31. The number of nitrogens with one attached hydrogen (secondary N) is 1. The zero-order valence-corrected chi connectivity index (χ0v) is 10.5. The molecule has 92 valence electrons. The van der Waals surface area contributed by atoms with E-state index in [-0.39, 0.29) is 0 Å². The molecule has 1 aromatic carbocycles. The molecule has 0 atom stereocenters. The highest BCUT2D eigenvalue weighted by Gasteiger charge is 2.12. The highest BCUT2D eigenvalue weighted by atomic mass is 15.1. The Morgan fingerprint density at radius 2 is 2.00 bits per heavy atom. The molecular formula is C15H22N2. The summed E-state index contributed by atoms with van der Waals surface area (Å²) in [4.78, 5) is 2.62. The van der Waals surface area contributed by atoms with Crippen molar-refractivity contribution in [2.45, 2.75) is 32.1 Å². The molecule has 0 unspecified atom stereocenters. The highest BCUT2D eigenvalue weighted by molar-refractivity contribution is 5.57. The maximum Gasteiger partial charge on any atom is 0.0376 e. The van der Waals surface area contributed by atoms with Crippen LogP contribution in [0.1, 0.15) is 30.4 Å². The molecule has 2 aliphatic rings. The topological polar surface area (TPSA) is 15.3 Å². The summed E-state index contributed by atoms with van der Waals surface area (Å²) in [6.45, 7) is 4.97. The maximum absolute atomic E-state index is 3.46. The first-order valence-corrected chi connectivity index (χ1v) is 7.00. The number of anilines is 1. The van der Waals surface area contributed by atoms with Gasteiger partial charge in [-0.15, -0.1) is 0 Å². The van der Waals surface area contributed by atoms with Gasteiger partial charge in [0.1, 0.15) is 0 Å². The van der Waals surface area contributed by atoms with Gasteiger partial charge in [0, 0.05) is 18.8 Å². The number of piperidine rings is 1. The third-order valence-electron chi connectivity index (χ3n) is 4.05. The van der Waals surface area contributed by atoms with E-state index < -0.39 is 0 Å². The number of hydrogen-bond donors (Lipinski definition) is 1. The lowest BCUT2D eigenvalue weighted by molar-refractivity contribution is 0.231. The number of likely N-dealkylation sites (tertiary alicyclic amines) is 1. The molecule has 17 heavy (non-hydrogen) atoms. The minimum absolute atomic E-state index is 1.12. The van der Waals surface area contributed by atoms with Crippen LogP contribution < -0.4 is 5.32 Å². The van der Waals surface area contributed by atoms with Crippen LogP contribution in [0, 0.1) is 0 Å². The molecule has 1 aromatic rings. The van der Waals surface area contributed by atoms with Crippen molar-refractivity contribution in [2.24, 2.45) is 0 Å². The lowest BCUT2D eigenvalue weighted by Gasteiger charge is -2.26. The van der Waals surface area contributed by atoms with Gasteiger partial charge in [-0.1, -0.05) is 18.6 Å². The predicted octanol–water partition coefficient (Wildman–Crippen LogP) is 2.68. The Morgan fingerprint density at radius 3 is 2.88 bits per heavy atom. The van der Waals surface area contributed by atoms with Crippen molar-refractivity contribution in [3.05, 3.63) is 29.3 Å². The number of benzene rings is 1. The van der Waals surface area contributed by atoms with E-state index in [0.29, 0.717) is 0 Å². The van der Waals surface area contributed by atoms with Gasteiger partial charge in [0.25, 0.3) is 0 Å². The van der Waals surface area contributed by atoms with Crippen LogP contribution >= 0.6 is 0 Å². The normalized spacial score (nSPS) is 20.0. The molecular weight excluding hydrogens is 208 g/mol. The Bertz CT molecular complexity index is 381. The quantitative estimate of drug-likeness (QED) is 0.859. The Morgan fingerprint density at radius 1 is 1.12 bits per heavy atom. The Kier molecular flexibility index (Phi) is 3.32. The first-order valence-electron chi connectivity index (χ1n) is 7.00. The standard InChI is InChI=1S/C15H22N2/c1-2-9-17(10-3-1)11-7-13-4-5-14-6-8-16-15(14)12-13/h4-5,12,16H,1-3,6-11H2. The van der Waals surface area contributed by atoms with Crippen molar-refractivity contribution in [2.75, 3.05) is 31.5 Å². The van der Waals surface area contributed by atoms with Crippen LogP contribution in [0.5, 0.6) is 0 Å². The summed E-state index contributed by atoms with van der Waals surface area (Å²) in [5.41, 5.74) is 4.36. The van der Waals surface area contributed by atoms with Crippen molar-refractivity contribution in [3.63, 3.8) is 0 Å². The van der Waals surface area contributed by atoms with Crippen LogP contribution in [0.25, 0.3) is 0 Å². The minimum atomic E-state index is 1.12. The molecule has 1 N–H and O–H groups in total. The molecule has 3 rings (SSSR count). The summed E-state index contributed by atoms with van der Waals surface area (Å²) in [6, 6.07) is 6.98. The third-order valence-corrected chi connectivity index (χ3v) is 4.05. The Balaban J connectivity index is 1.57. The Hall–Kier alpha value is -1.02. The summed E-state index contributed by atoms with van der Waals surface area (Å²) in [5, 5.41) is 3.46. The average molecular weight is 230 g/mol. The molecule has 2 heterocycles. The van der Waals surface area contributed by atoms with Gasteiger partial charge in [0.2, 0.25) is 0 Å². The number of rotatable bonds is 3. The molecule has 0 saturated carbocycles. The van der Waals surface area contributed by atoms with Gasteiger partial charge in [-0.3, -0.25) is 0 Å². The summed E-state index contributed by atoms with van der Waals surface area (Å²) >= 11 is 0. The van der Waals surface area contributed by atoms with Gasteiger partial charge in [0.15, 0.2) is 0 Å². The van der Waals surface area contributed by atoms with Gasteiger partial charge in [-0.2, -0.15) is 0 Å². The van der Waals surface area contributed by atoms with Crippen LogP contribution in [0.3, 0.4) is 0 Å². The lowest BCUT2D eigenvalue weighted by atomic mass is 10.1. The fourth-order valence-corrected chi connectivity index (χ4v) is 2.96. The van der Waals surface area contributed by atoms with E-state index in [9.17, 15) is 0 Å². The van der Waals surface area contributed by atoms with Crippen molar-refractivity contribution in [1.29, 1.82) is 0 Å². The summed E-state index contributed by atoms with van der Waals surface area (Å²) in [5.74, 6) is 0. The van der Waals surface area contributed by atoms with Gasteiger partial charge in [-0.05, 0) is 56.0 Å². The molecule has 0 bridgehead atoms. The molecule has 0 amide bonds. The zero-order chi connectivity index (χ0) is 11.5. The molecule has 2 nitrogen and oxygen atoms in total. The smallest absolute Gasteiger partial charge is 0.0376 e. The van der Waals surface area contributed by atoms with Gasteiger partial charge in [0.05, 0.1) is 0 Å². The number of fused-ring (bicyclic) bond motifs is 1. The third kappa shape index (κ3) is 2.63. The largest absolute Gasteiger partial charge is 0.384 e. The van der Waals surface area contributed by atoms with E-state index in [1.807, 2.05) is 0 Å². The molecule has 1 saturated heterocycles. The van der Waals surface area contributed by atoms with Crippen molar-refractivity contribution in [1.82, 2.24) is 4.90 Å². The molecule has 1 fully saturated rings. The molecule has 0 spiro atoms. The molecule has 2 heteroatoms. The van der Waals surface area contributed by atoms with Crippen molar-refractivity contribution in [3.8, 4) is 0 Å². The molecule has 0 aromatic heterocycles. The maximum atomic E-state index is 3.46. The van der Waals surface area contributed by atoms with Gasteiger partial charge >= 0.3 is 0 Å². The SMILES string of the molecule is c1cc2c(cc1CCN1CCCCC1)NCC2. The molecule has 0 radical (unpaired) electrons. The fraction of sp³-hybridized carbons (Fsp3) is 0.600. The second kappa shape index (κ2) is 5.09. The van der Waals surface area contributed by atoms with Crippen molar-refractivity contribution < 1.29 is 0 Å². The fourth-order valence-electron chi connectivity index (χ4n) is 2.96. The van der Waals surface area contributed by atoms with Crippen LogP contribution in [0.4, 0.5) is 5.69 Å². The van der Waals surface area contributed by atoms with E-state index in [1.54, 1.807) is 0 Å².